The molecule has 0 saturated carbocycles. The van der Waals surface area contributed by atoms with E-state index in [4.69, 9.17) is 5.11 Å². The molecule has 0 radical (unpaired) electrons. The average Bonchev–Trinajstić information content (AvgIpc) is 1.80. The minimum Gasteiger partial charge on any atom is -0.505 e. The molecule has 0 amide bonds. The van der Waals surface area contributed by atoms with E-state index in [1.165, 1.54) is 0 Å². The summed E-state index contributed by atoms with van der Waals surface area (Å²) in [5, 5.41) is 8.81. The molecule has 1 heterocycles. The molecule has 1 rings (SSSR count). The Morgan fingerprint density at radius 1 is 1.67 bits per heavy atom. The van der Waals surface area contributed by atoms with Gasteiger partial charge in [0.2, 0.25) is 5.95 Å². The summed E-state index contributed by atoms with van der Waals surface area (Å²) in [6.45, 7) is 0. The van der Waals surface area contributed by atoms with Gasteiger partial charge in [-0.15, -0.1) is 0 Å². The van der Waals surface area contributed by atoms with Crippen LogP contribution in [0.25, 0.3) is 0 Å². The van der Waals surface area contributed by atoms with Crippen LogP contribution in [0, 0.1) is 9.52 Å². The minimum absolute atomic E-state index is 0.0111. The number of hydrogen-bond donors (Lipinski definition) is 1. The number of nitrogens with zero attached hydrogens (tertiary/aromatic N) is 1. The van der Waals surface area contributed by atoms with Crippen LogP contribution in [-0.2, 0) is 0 Å². The highest BCUT2D eigenvalue weighted by Crippen LogP contribution is 2.16. The zero-order chi connectivity index (χ0) is 6.85. The first-order valence-electron chi connectivity index (χ1n) is 2.20. The van der Waals surface area contributed by atoms with Crippen molar-refractivity contribution in [3.05, 3.63) is 21.8 Å². The fraction of sp³-hybridized carbons (Fsp3) is 0. The maximum atomic E-state index is 12.1. The molecule has 0 aliphatic rings. The topological polar surface area (TPSA) is 33.1 Å². The van der Waals surface area contributed by atoms with Crippen LogP contribution in [0.15, 0.2) is 12.3 Å². The molecule has 9 heavy (non-hydrogen) atoms. The molecule has 0 aliphatic heterocycles. The fourth-order valence-corrected chi connectivity index (χ4v) is 0.796. The summed E-state index contributed by atoms with van der Waals surface area (Å²) in [5.41, 5.74) is 0. The van der Waals surface area contributed by atoms with Gasteiger partial charge in [0.15, 0.2) is 0 Å². The van der Waals surface area contributed by atoms with E-state index in [1.54, 1.807) is 0 Å². The SMILES string of the molecule is Oc1cnc(F)cc1I. The molecule has 0 unspecified atom stereocenters. The lowest BCUT2D eigenvalue weighted by Gasteiger charge is -1.92. The Bertz CT molecular complexity index is 228. The van der Waals surface area contributed by atoms with Gasteiger partial charge in [0.25, 0.3) is 0 Å². The summed E-state index contributed by atoms with van der Waals surface area (Å²) >= 11 is 1.82. The number of pyridine rings is 1. The molecule has 0 atom stereocenters. The molecule has 2 nitrogen and oxygen atoms in total. The number of hydrogen-bond acceptors (Lipinski definition) is 2. The van der Waals surface area contributed by atoms with Crippen molar-refractivity contribution in [2.75, 3.05) is 0 Å². The molecule has 0 bridgehead atoms. The van der Waals surface area contributed by atoms with Crippen molar-refractivity contribution in [3.63, 3.8) is 0 Å². The van der Waals surface area contributed by atoms with Gasteiger partial charge in [0.05, 0.1) is 9.77 Å². The molecule has 0 fully saturated rings. The smallest absolute Gasteiger partial charge is 0.214 e. The van der Waals surface area contributed by atoms with E-state index in [2.05, 4.69) is 4.98 Å². The van der Waals surface area contributed by atoms with Crippen molar-refractivity contribution < 1.29 is 9.50 Å². The van der Waals surface area contributed by atoms with Crippen LogP contribution < -0.4 is 0 Å². The highest BCUT2D eigenvalue weighted by molar-refractivity contribution is 14.1. The normalized spacial score (nSPS) is 9.56. The first kappa shape index (κ1) is 6.73. The van der Waals surface area contributed by atoms with Crippen LogP contribution in [0.3, 0.4) is 0 Å². The number of aromatic hydroxyl groups is 1. The first-order valence-corrected chi connectivity index (χ1v) is 3.28. The van der Waals surface area contributed by atoms with Crippen LogP contribution in [0.1, 0.15) is 0 Å². The Hall–Kier alpha value is -0.390. The van der Waals surface area contributed by atoms with Crippen LogP contribution in [0.2, 0.25) is 0 Å². The Morgan fingerprint density at radius 2 is 2.33 bits per heavy atom. The van der Waals surface area contributed by atoms with Gasteiger partial charge in [-0.25, -0.2) is 4.98 Å². The third kappa shape index (κ3) is 1.51. The maximum absolute atomic E-state index is 12.1. The highest BCUT2D eigenvalue weighted by Gasteiger charge is 1.97. The highest BCUT2D eigenvalue weighted by atomic mass is 127. The summed E-state index contributed by atoms with van der Waals surface area (Å²) < 4.78 is 12.6. The lowest BCUT2D eigenvalue weighted by Crippen LogP contribution is -1.82. The molecule has 1 aromatic heterocycles. The van der Waals surface area contributed by atoms with Crippen molar-refractivity contribution in [3.8, 4) is 5.75 Å². The van der Waals surface area contributed by atoms with Gasteiger partial charge in [-0.2, -0.15) is 4.39 Å². The second-order valence-electron chi connectivity index (χ2n) is 1.46. The Kier molecular flexibility index (Phi) is 1.84. The fourth-order valence-electron chi connectivity index (χ4n) is 0.400. The summed E-state index contributed by atoms with van der Waals surface area (Å²) in [6, 6.07) is 1.16. The average molecular weight is 239 g/mol. The van der Waals surface area contributed by atoms with Gasteiger partial charge in [-0.1, -0.05) is 0 Å². The van der Waals surface area contributed by atoms with Crippen molar-refractivity contribution in [2.45, 2.75) is 0 Å². The van der Waals surface area contributed by atoms with Crippen LogP contribution >= 0.6 is 22.6 Å². The number of aromatic nitrogens is 1. The largest absolute Gasteiger partial charge is 0.505 e. The number of halogens is 2. The maximum Gasteiger partial charge on any atom is 0.214 e. The second kappa shape index (κ2) is 2.47. The Balaban J connectivity index is 3.17. The van der Waals surface area contributed by atoms with Gasteiger partial charge in [-0.3, -0.25) is 0 Å². The second-order valence-corrected chi connectivity index (χ2v) is 2.62. The van der Waals surface area contributed by atoms with E-state index < -0.39 is 5.95 Å². The molecule has 0 aliphatic carbocycles. The lowest BCUT2D eigenvalue weighted by atomic mass is 10.5. The molecule has 0 aromatic carbocycles. The van der Waals surface area contributed by atoms with Gasteiger partial charge < -0.3 is 5.11 Å². The summed E-state index contributed by atoms with van der Waals surface area (Å²) in [4.78, 5) is 3.22. The molecular formula is C5H3FINO. The Morgan fingerprint density at radius 3 is 2.78 bits per heavy atom. The summed E-state index contributed by atoms with van der Waals surface area (Å²) in [5.74, 6) is -0.561. The van der Waals surface area contributed by atoms with Crippen molar-refractivity contribution in [1.29, 1.82) is 0 Å². The predicted octanol–water partition coefficient (Wildman–Crippen LogP) is 1.53. The van der Waals surface area contributed by atoms with Crippen molar-refractivity contribution in [1.82, 2.24) is 4.98 Å². The molecule has 1 N–H and O–H groups in total. The third-order valence-corrected chi connectivity index (χ3v) is 1.66. The third-order valence-electron chi connectivity index (χ3n) is 0.801. The lowest BCUT2D eigenvalue weighted by molar-refractivity contribution is 0.462. The molecule has 1 aromatic rings. The first-order chi connectivity index (χ1) is 4.20. The molecule has 48 valence electrons. The molecule has 0 saturated heterocycles. The van der Waals surface area contributed by atoms with Gasteiger partial charge in [0, 0.05) is 6.07 Å². The molecule has 0 spiro atoms. The summed E-state index contributed by atoms with van der Waals surface area (Å²) in [6.07, 6.45) is 1.08. The molecular weight excluding hydrogens is 236 g/mol. The van der Waals surface area contributed by atoms with Crippen molar-refractivity contribution in [2.24, 2.45) is 0 Å². The van der Waals surface area contributed by atoms with Gasteiger partial charge in [0.1, 0.15) is 5.75 Å². The van der Waals surface area contributed by atoms with Crippen LogP contribution in [0.4, 0.5) is 4.39 Å². The number of rotatable bonds is 0. The predicted molar refractivity (Wildman–Crippen MR) is 38.6 cm³/mol. The Labute approximate surface area is 64.9 Å². The standard InChI is InChI=1S/C5H3FINO/c6-5-1-3(7)4(9)2-8-5/h1-2,9H. The minimum atomic E-state index is -0.572. The van der Waals surface area contributed by atoms with Gasteiger partial charge in [-0.05, 0) is 22.6 Å². The zero-order valence-electron chi connectivity index (χ0n) is 4.31. The molecule has 4 heteroatoms. The quantitative estimate of drug-likeness (QED) is 0.550. The van der Waals surface area contributed by atoms with E-state index in [1.807, 2.05) is 22.6 Å². The van der Waals surface area contributed by atoms with Gasteiger partial charge >= 0.3 is 0 Å². The van der Waals surface area contributed by atoms with E-state index in [0.717, 1.165) is 12.3 Å². The zero-order valence-corrected chi connectivity index (χ0v) is 6.46. The summed E-state index contributed by atoms with van der Waals surface area (Å²) in [7, 11) is 0. The van der Waals surface area contributed by atoms with E-state index in [0.29, 0.717) is 3.57 Å². The van der Waals surface area contributed by atoms with E-state index >= 15 is 0 Å². The monoisotopic (exact) mass is 239 g/mol. The van der Waals surface area contributed by atoms with E-state index in [9.17, 15) is 4.39 Å². The van der Waals surface area contributed by atoms with Crippen molar-refractivity contribution >= 4 is 22.6 Å². The van der Waals surface area contributed by atoms with E-state index in [-0.39, 0.29) is 5.75 Å². The van der Waals surface area contributed by atoms with Crippen LogP contribution in [-0.4, -0.2) is 10.1 Å². The van der Waals surface area contributed by atoms with Crippen LogP contribution in [0.5, 0.6) is 5.75 Å².